The summed E-state index contributed by atoms with van der Waals surface area (Å²) >= 11 is 0. The summed E-state index contributed by atoms with van der Waals surface area (Å²) in [5.41, 5.74) is 2.80. The fraction of sp³-hybridized carbons (Fsp3) is 0.250. The summed E-state index contributed by atoms with van der Waals surface area (Å²) in [4.78, 5) is 0. The quantitative estimate of drug-likeness (QED) is 0.632. The van der Waals surface area contributed by atoms with Crippen LogP contribution in [0.15, 0.2) is 30.3 Å². The van der Waals surface area contributed by atoms with E-state index in [9.17, 15) is 0 Å². The van der Waals surface area contributed by atoms with Crippen LogP contribution >= 0.6 is 0 Å². The summed E-state index contributed by atoms with van der Waals surface area (Å²) in [7, 11) is 0. The first kappa shape index (κ1) is 12.5. The maximum absolute atomic E-state index is 2.18. The molecule has 0 heterocycles. The smallest absolute Gasteiger partial charge is 0 e. The monoisotopic (exact) mass is 346 g/mol. The van der Waals surface area contributed by atoms with Crippen molar-refractivity contribution in [3.8, 4) is 0 Å². The molecule has 1 radical (unpaired) electrons. The average Bonchev–Trinajstić information content (AvgIpc) is 2.21. The zero-order chi connectivity index (χ0) is 8.81. The molecular formula is C12H15Re-. The molecule has 0 saturated heterocycles. The largest absolute Gasteiger partial charge is 0.227 e. The first-order valence-electron chi connectivity index (χ1n) is 4.54. The number of rotatable bonds is 0. The number of hydrogen-bond acceptors (Lipinski definition) is 0. The maximum atomic E-state index is 2.18. The first-order chi connectivity index (χ1) is 5.97. The minimum absolute atomic E-state index is 0. The van der Waals surface area contributed by atoms with Gasteiger partial charge in [0, 0.05) is 20.4 Å². The van der Waals surface area contributed by atoms with Crippen LogP contribution in [0.3, 0.4) is 0 Å². The van der Waals surface area contributed by atoms with Gasteiger partial charge in [-0.3, -0.25) is 0 Å². The van der Waals surface area contributed by atoms with E-state index in [-0.39, 0.29) is 20.4 Å². The number of hydrogen-bond donors (Lipinski definition) is 0. The molecule has 0 aliphatic heterocycles. The van der Waals surface area contributed by atoms with Gasteiger partial charge >= 0.3 is 0 Å². The Labute approximate surface area is 94.7 Å². The van der Waals surface area contributed by atoms with Crippen molar-refractivity contribution < 1.29 is 20.4 Å². The molecule has 71 valence electrons. The Hall–Kier alpha value is -0.508. The number of benzene rings is 1. The average molecular weight is 345 g/mol. The summed E-state index contributed by atoms with van der Waals surface area (Å²) in [6, 6.07) is 8.49. The molecule has 0 fully saturated rings. The molecule has 0 unspecified atom stereocenters. The molecule has 0 amide bonds. The van der Waals surface area contributed by atoms with Crippen LogP contribution in [0.5, 0.6) is 0 Å². The van der Waals surface area contributed by atoms with Gasteiger partial charge in [0.05, 0.1) is 0 Å². The fourth-order valence-corrected chi connectivity index (χ4v) is 1.25. The molecule has 0 atom stereocenters. The third-order valence-corrected chi connectivity index (χ3v) is 1.80. The SMILES string of the molecule is C1=Cc2ccccc2C[CH-]1.CC.[Re]. The van der Waals surface area contributed by atoms with Crippen LogP contribution in [0, 0.1) is 6.42 Å². The molecule has 0 aromatic heterocycles. The van der Waals surface area contributed by atoms with E-state index >= 15 is 0 Å². The second-order valence-electron chi connectivity index (χ2n) is 2.50. The molecule has 1 aromatic carbocycles. The molecule has 0 nitrogen and oxygen atoms in total. The molecule has 0 saturated carbocycles. The summed E-state index contributed by atoms with van der Waals surface area (Å²) in [6.45, 7) is 4.00. The van der Waals surface area contributed by atoms with E-state index < -0.39 is 0 Å². The van der Waals surface area contributed by atoms with Crippen molar-refractivity contribution in [2.75, 3.05) is 0 Å². The molecule has 1 aliphatic rings. The predicted octanol–water partition coefficient (Wildman–Crippen LogP) is 3.48. The molecule has 1 heteroatoms. The minimum atomic E-state index is 0. The second kappa shape index (κ2) is 6.95. The first-order valence-corrected chi connectivity index (χ1v) is 4.54. The van der Waals surface area contributed by atoms with Gasteiger partial charge in [-0.2, -0.15) is 0 Å². The zero-order valence-corrected chi connectivity index (χ0v) is 10.8. The van der Waals surface area contributed by atoms with E-state index in [1.54, 1.807) is 0 Å². The van der Waals surface area contributed by atoms with Crippen LogP contribution in [0.25, 0.3) is 6.08 Å². The van der Waals surface area contributed by atoms with Crippen molar-refractivity contribution >= 4 is 6.08 Å². The topological polar surface area (TPSA) is 0 Å². The summed E-state index contributed by atoms with van der Waals surface area (Å²) in [6.07, 6.45) is 7.54. The summed E-state index contributed by atoms with van der Waals surface area (Å²) < 4.78 is 0. The van der Waals surface area contributed by atoms with Crippen molar-refractivity contribution in [2.24, 2.45) is 0 Å². The van der Waals surface area contributed by atoms with Crippen LogP contribution < -0.4 is 0 Å². The predicted molar refractivity (Wildman–Crippen MR) is 54.8 cm³/mol. The molecule has 1 aromatic rings. The molecule has 1 aliphatic carbocycles. The van der Waals surface area contributed by atoms with Crippen LogP contribution in [0.2, 0.25) is 0 Å². The van der Waals surface area contributed by atoms with Crippen molar-refractivity contribution in [3.05, 3.63) is 47.9 Å². The van der Waals surface area contributed by atoms with Gasteiger partial charge in [0.1, 0.15) is 0 Å². The van der Waals surface area contributed by atoms with Gasteiger partial charge in [0.15, 0.2) is 0 Å². The number of allylic oxidation sites excluding steroid dienone is 1. The van der Waals surface area contributed by atoms with Crippen molar-refractivity contribution in [3.63, 3.8) is 0 Å². The Morgan fingerprint density at radius 2 is 1.85 bits per heavy atom. The van der Waals surface area contributed by atoms with Gasteiger partial charge in [0.2, 0.25) is 0 Å². The molecule has 2 rings (SSSR count). The van der Waals surface area contributed by atoms with Crippen molar-refractivity contribution in [1.82, 2.24) is 0 Å². The Morgan fingerprint density at radius 1 is 1.15 bits per heavy atom. The third kappa shape index (κ3) is 3.38. The van der Waals surface area contributed by atoms with E-state index in [0.29, 0.717) is 0 Å². The van der Waals surface area contributed by atoms with E-state index in [4.69, 9.17) is 0 Å². The minimum Gasteiger partial charge on any atom is -0.227 e. The van der Waals surface area contributed by atoms with Crippen LogP contribution in [0.1, 0.15) is 25.0 Å². The van der Waals surface area contributed by atoms with Gasteiger partial charge in [0.25, 0.3) is 0 Å². The molecule has 13 heavy (non-hydrogen) atoms. The molecular weight excluding hydrogens is 330 g/mol. The third-order valence-electron chi connectivity index (χ3n) is 1.80. The van der Waals surface area contributed by atoms with Crippen LogP contribution in [-0.4, -0.2) is 0 Å². The van der Waals surface area contributed by atoms with Gasteiger partial charge in [-0.15, -0.1) is 5.56 Å². The van der Waals surface area contributed by atoms with Gasteiger partial charge in [-0.1, -0.05) is 50.1 Å². The second-order valence-corrected chi connectivity index (χ2v) is 2.50. The standard InChI is InChI=1S/C10H9.C2H6.Re/c1-2-6-10-8-4-3-7-9(10)5-1;1-2;/h1-7H,8H2;1-2H3;/q-1;;. The maximum Gasteiger partial charge on any atom is 0 e. The van der Waals surface area contributed by atoms with Gasteiger partial charge in [-0.25, -0.2) is 18.6 Å². The molecule has 0 N–H and O–H groups in total. The number of fused-ring (bicyclic) bond motifs is 1. The van der Waals surface area contributed by atoms with Crippen LogP contribution in [0.4, 0.5) is 0 Å². The summed E-state index contributed by atoms with van der Waals surface area (Å²) in [5.74, 6) is 0. The zero-order valence-electron chi connectivity index (χ0n) is 8.13. The van der Waals surface area contributed by atoms with Gasteiger partial charge < -0.3 is 0 Å². The Balaban J connectivity index is 0.000000451. The van der Waals surface area contributed by atoms with Gasteiger partial charge in [-0.05, 0) is 0 Å². The van der Waals surface area contributed by atoms with E-state index in [1.807, 2.05) is 13.8 Å². The van der Waals surface area contributed by atoms with E-state index in [2.05, 4.69) is 42.8 Å². The Morgan fingerprint density at radius 3 is 2.54 bits per heavy atom. The molecule has 0 bridgehead atoms. The Kier molecular flexibility index (Phi) is 6.68. The van der Waals surface area contributed by atoms with E-state index in [0.717, 1.165) is 6.42 Å². The fourth-order valence-electron chi connectivity index (χ4n) is 1.25. The van der Waals surface area contributed by atoms with Crippen molar-refractivity contribution in [2.45, 2.75) is 20.3 Å². The van der Waals surface area contributed by atoms with Crippen LogP contribution in [-0.2, 0) is 26.8 Å². The summed E-state index contributed by atoms with van der Waals surface area (Å²) in [5, 5.41) is 0. The van der Waals surface area contributed by atoms with E-state index in [1.165, 1.54) is 11.1 Å². The normalized spacial score (nSPS) is 11.2. The molecule has 0 spiro atoms. The van der Waals surface area contributed by atoms with Crippen molar-refractivity contribution in [1.29, 1.82) is 0 Å². The Bertz CT molecular complexity index is 264.